The Balaban J connectivity index is 1.68. The predicted molar refractivity (Wildman–Crippen MR) is 99.1 cm³/mol. The van der Waals surface area contributed by atoms with Crippen molar-refractivity contribution in [2.75, 3.05) is 13.3 Å². The average molecular weight is 374 g/mol. The second-order valence-electron chi connectivity index (χ2n) is 6.07. The summed E-state index contributed by atoms with van der Waals surface area (Å²) in [5, 5.41) is 4.82. The molecular weight excluding hydrogens is 352 g/mol. The Bertz CT molecular complexity index is 776. The normalized spacial score (nSPS) is 13.3. The van der Waals surface area contributed by atoms with Crippen LogP contribution in [0.3, 0.4) is 0 Å². The minimum Gasteiger partial charge on any atom is -0.454 e. The molecule has 1 aliphatic rings. The van der Waals surface area contributed by atoms with Gasteiger partial charge in [-0.3, -0.25) is 9.59 Å². The van der Waals surface area contributed by atoms with Crippen molar-refractivity contribution < 1.29 is 19.1 Å². The van der Waals surface area contributed by atoms with E-state index in [0.717, 1.165) is 16.2 Å². The first-order chi connectivity index (χ1) is 12.6. The quantitative estimate of drug-likeness (QED) is 0.809. The van der Waals surface area contributed by atoms with Gasteiger partial charge in [-0.05, 0) is 36.1 Å². The van der Waals surface area contributed by atoms with Crippen molar-refractivity contribution in [3.63, 3.8) is 0 Å². The summed E-state index contributed by atoms with van der Waals surface area (Å²) in [6, 6.07) is 9.26. The molecule has 2 aromatic rings. The molecule has 3 rings (SSSR count). The maximum atomic E-state index is 12.8. The van der Waals surface area contributed by atoms with Crippen molar-refractivity contribution in [2.24, 2.45) is 0 Å². The molecule has 0 fully saturated rings. The molecule has 1 aromatic heterocycles. The van der Waals surface area contributed by atoms with Crippen LogP contribution in [0.2, 0.25) is 0 Å². The molecule has 1 N–H and O–H groups in total. The van der Waals surface area contributed by atoms with E-state index in [1.54, 1.807) is 4.90 Å². The molecule has 138 valence electrons. The summed E-state index contributed by atoms with van der Waals surface area (Å²) >= 11 is 1.54. The van der Waals surface area contributed by atoms with Crippen molar-refractivity contribution in [2.45, 2.75) is 32.9 Å². The molecule has 0 spiro atoms. The Morgan fingerprint density at radius 2 is 2.08 bits per heavy atom. The molecule has 0 radical (unpaired) electrons. The second-order valence-corrected chi connectivity index (χ2v) is 7.05. The predicted octanol–water partition coefficient (Wildman–Crippen LogP) is 3.09. The van der Waals surface area contributed by atoms with E-state index in [-0.39, 0.29) is 31.1 Å². The van der Waals surface area contributed by atoms with Gasteiger partial charge in [0.25, 0.3) is 0 Å². The fraction of sp³-hybridized carbons (Fsp3) is 0.368. The number of amides is 2. The van der Waals surface area contributed by atoms with E-state index in [2.05, 4.69) is 5.32 Å². The fourth-order valence-corrected chi connectivity index (χ4v) is 3.68. The highest BCUT2D eigenvalue weighted by Crippen LogP contribution is 2.33. The number of rotatable bonds is 7. The fourth-order valence-electron chi connectivity index (χ4n) is 2.90. The lowest BCUT2D eigenvalue weighted by Crippen LogP contribution is -2.35. The average Bonchev–Trinajstić information content (AvgIpc) is 3.29. The molecule has 2 heterocycles. The van der Waals surface area contributed by atoms with Crippen LogP contribution in [0.4, 0.5) is 0 Å². The Morgan fingerprint density at radius 1 is 1.27 bits per heavy atom. The van der Waals surface area contributed by atoms with E-state index >= 15 is 0 Å². The van der Waals surface area contributed by atoms with Crippen LogP contribution >= 0.6 is 11.3 Å². The van der Waals surface area contributed by atoms with Crippen molar-refractivity contribution in [1.29, 1.82) is 0 Å². The number of carbonyl (C=O) groups is 2. The Morgan fingerprint density at radius 3 is 2.77 bits per heavy atom. The summed E-state index contributed by atoms with van der Waals surface area (Å²) in [4.78, 5) is 27.1. The molecule has 7 heteroatoms. The number of ether oxygens (including phenoxy) is 2. The number of fused-ring (bicyclic) bond motifs is 1. The van der Waals surface area contributed by atoms with Gasteiger partial charge in [0.2, 0.25) is 18.6 Å². The van der Waals surface area contributed by atoms with Gasteiger partial charge < -0.3 is 19.7 Å². The van der Waals surface area contributed by atoms with Gasteiger partial charge in [0.15, 0.2) is 11.5 Å². The minimum absolute atomic E-state index is 0.00248. The maximum Gasteiger partial charge on any atom is 0.231 e. The summed E-state index contributed by atoms with van der Waals surface area (Å²) in [6.45, 7) is 4.72. The summed E-state index contributed by atoms with van der Waals surface area (Å²) in [5.74, 6) is 1.29. The summed E-state index contributed by atoms with van der Waals surface area (Å²) in [6.07, 6.45) is 0.235. The molecule has 0 aliphatic carbocycles. The highest BCUT2D eigenvalue weighted by atomic mass is 32.1. The second kappa shape index (κ2) is 8.23. The lowest BCUT2D eigenvalue weighted by molar-refractivity contribution is -0.132. The van der Waals surface area contributed by atoms with E-state index in [1.807, 2.05) is 42.6 Å². The first-order valence-corrected chi connectivity index (χ1v) is 9.41. The van der Waals surface area contributed by atoms with Crippen molar-refractivity contribution in [3.05, 3.63) is 46.2 Å². The van der Waals surface area contributed by atoms with Crippen LogP contribution < -0.4 is 14.8 Å². The molecule has 0 unspecified atom stereocenters. The zero-order chi connectivity index (χ0) is 18.5. The van der Waals surface area contributed by atoms with Gasteiger partial charge in [-0.2, -0.15) is 0 Å². The Labute approximate surface area is 156 Å². The lowest BCUT2D eigenvalue weighted by Gasteiger charge is -2.24. The van der Waals surface area contributed by atoms with Crippen molar-refractivity contribution >= 4 is 23.2 Å². The van der Waals surface area contributed by atoms with Crippen LogP contribution in [0.1, 0.15) is 36.8 Å². The molecule has 1 atom stereocenters. The summed E-state index contributed by atoms with van der Waals surface area (Å²) < 4.78 is 10.7. The molecule has 1 aromatic carbocycles. The summed E-state index contributed by atoms with van der Waals surface area (Å²) in [5.41, 5.74) is 0.983. The molecule has 2 amide bonds. The molecule has 26 heavy (non-hydrogen) atoms. The van der Waals surface area contributed by atoms with Gasteiger partial charge in [-0.25, -0.2) is 0 Å². The number of benzene rings is 1. The van der Waals surface area contributed by atoms with Crippen LogP contribution in [-0.2, 0) is 16.1 Å². The third-order valence-electron chi connectivity index (χ3n) is 4.19. The van der Waals surface area contributed by atoms with Gasteiger partial charge in [0.1, 0.15) is 0 Å². The first-order valence-electron chi connectivity index (χ1n) is 8.53. The highest BCUT2D eigenvalue weighted by Gasteiger charge is 2.22. The van der Waals surface area contributed by atoms with Crippen LogP contribution in [0.25, 0.3) is 0 Å². The first kappa shape index (κ1) is 18.3. The Kier molecular flexibility index (Phi) is 5.78. The van der Waals surface area contributed by atoms with Crippen LogP contribution in [0.15, 0.2) is 35.7 Å². The van der Waals surface area contributed by atoms with Gasteiger partial charge in [0, 0.05) is 24.9 Å². The Hall–Kier alpha value is -2.54. The number of nitrogens with zero attached hydrogens (tertiary/aromatic N) is 1. The number of hydrogen-bond acceptors (Lipinski definition) is 5. The number of nitrogens with one attached hydrogen (secondary N) is 1. The zero-order valence-corrected chi connectivity index (χ0v) is 15.7. The van der Waals surface area contributed by atoms with Crippen molar-refractivity contribution in [1.82, 2.24) is 10.2 Å². The molecule has 0 saturated carbocycles. The van der Waals surface area contributed by atoms with Gasteiger partial charge in [-0.15, -0.1) is 11.3 Å². The van der Waals surface area contributed by atoms with Crippen LogP contribution in [0, 0.1) is 0 Å². The minimum atomic E-state index is -0.300. The molecular formula is C19H22N2O4S. The monoisotopic (exact) mass is 374 g/mol. The molecule has 0 saturated heterocycles. The largest absolute Gasteiger partial charge is 0.454 e. The third kappa shape index (κ3) is 4.35. The number of thiophene rings is 1. The topological polar surface area (TPSA) is 67.9 Å². The third-order valence-corrected chi connectivity index (χ3v) is 5.17. The van der Waals surface area contributed by atoms with E-state index in [1.165, 1.54) is 18.3 Å². The number of hydrogen-bond donors (Lipinski definition) is 1. The standard InChI is InChI=1S/C19H22N2O4S/c1-3-21(11-14-6-7-16-17(9-14)25-12-24-16)19(23)10-15(20-13(2)22)18-5-4-8-26-18/h4-9,15H,3,10-12H2,1-2H3,(H,20,22)/t15-/m1/s1. The summed E-state index contributed by atoms with van der Waals surface area (Å²) in [7, 11) is 0. The number of carbonyl (C=O) groups excluding carboxylic acids is 2. The van der Waals surface area contributed by atoms with Gasteiger partial charge >= 0.3 is 0 Å². The van der Waals surface area contributed by atoms with E-state index in [0.29, 0.717) is 18.8 Å². The highest BCUT2D eigenvalue weighted by molar-refractivity contribution is 7.10. The SMILES string of the molecule is CCN(Cc1ccc2c(c1)OCO2)C(=O)C[C@@H](NC(C)=O)c1cccs1. The van der Waals surface area contributed by atoms with E-state index in [4.69, 9.17) is 9.47 Å². The zero-order valence-electron chi connectivity index (χ0n) is 14.9. The van der Waals surface area contributed by atoms with E-state index in [9.17, 15) is 9.59 Å². The van der Waals surface area contributed by atoms with Gasteiger partial charge in [0.05, 0.1) is 12.5 Å². The molecule has 6 nitrogen and oxygen atoms in total. The van der Waals surface area contributed by atoms with Gasteiger partial charge in [-0.1, -0.05) is 12.1 Å². The van der Waals surface area contributed by atoms with Crippen molar-refractivity contribution in [3.8, 4) is 11.5 Å². The van der Waals surface area contributed by atoms with Crippen LogP contribution in [0.5, 0.6) is 11.5 Å². The lowest BCUT2D eigenvalue weighted by atomic mass is 10.1. The smallest absolute Gasteiger partial charge is 0.231 e. The van der Waals surface area contributed by atoms with E-state index < -0.39 is 0 Å². The molecule has 1 aliphatic heterocycles. The molecule has 0 bridgehead atoms. The van der Waals surface area contributed by atoms with Crippen LogP contribution in [-0.4, -0.2) is 30.1 Å². The maximum absolute atomic E-state index is 12.8.